The third-order valence-electron chi connectivity index (χ3n) is 5.23. The summed E-state index contributed by atoms with van der Waals surface area (Å²) >= 11 is 0. The van der Waals surface area contributed by atoms with E-state index in [0.29, 0.717) is 35.7 Å². The van der Waals surface area contributed by atoms with Crippen LogP contribution >= 0.6 is 0 Å². The first-order valence-corrected chi connectivity index (χ1v) is 10.3. The fourth-order valence-corrected chi connectivity index (χ4v) is 3.74. The van der Waals surface area contributed by atoms with Crippen molar-refractivity contribution < 1.29 is 18.7 Å². The normalized spacial score (nSPS) is 12.8. The molecule has 0 unspecified atom stereocenters. The molecule has 0 bridgehead atoms. The van der Waals surface area contributed by atoms with Crippen LogP contribution in [0.1, 0.15) is 39.6 Å². The van der Waals surface area contributed by atoms with Crippen molar-refractivity contribution in [3.05, 3.63) is 89.2 Å². The zero-order valence-electron chi connectivity index (χ0n) is 17.2. The van der Waals surface area contributed by atoms with Crippen LogP contribution in [-0.2, 0) is 6.42 Å². The van der Waals surface area contributed by atoms with E-state index in [4.69, 9.17) is 4.74 Å². The summed E-state index contributed by atoms with van der Waals surface area (Å²) in [7, 11) is 0. The molecule has 6 heteroatoms. The van der Waals surface area contributed by atoms with Crippen molar-refractivity contribution in [1.29, 1.82) is 0 Å². The highest BCUT2D eigenvalue weighted by Crippen LogP contribution is 2.30. The number of para-hydroxylation sites is 2. The number of benzene rings is 3. The van der Waals surface area contributed by atoms with Gasteiger partial charge in [-0.3, -0.25) is 9.59 Å². The molecule has 0 fully saturated rings. The summed E-state index contributed by atoms with van der Waals surface area (Å²) in [5.74, 6) is -0.176. The number of anilines is 2. The van der Waals surface area contributed by atoms with Crippen molar-refractivity contribution in [3.8, 4) is 5.75 Å². The molecule has 0 saturated heterocycles. The van der Waals surface area contributed by atoms with Crippen LogP contribution in [0.3, 0.4) is 0 Å². The summed E-state index contributed by atoms with van der Waals surface area (Å²) in [6.45, 7) is 2.97. The molecule has 0 radical (unpaired) electrons. The van der Waals surface area contributed by atoms with Crippen LogP contribution in [0.15, 0.2) is 66.7 Å². The predicted molar refractivity (Wildman–Crippen MR) is 118 cm³/mol. The molecule has 1 heterocycles. The molecule has 158 valence electrons. The molecule has 1 aliphatic heterocycles. The Morgan fingerprint density at radius 3 is 2.55 bits per heavy atom. The van der Waals surface area contributed by atoms with Gasteiger partial charge in [-0.25, -0.2) is 4.39 Å². The molecular weight excluding hydrogens is 395 g/mol. The molecule has 31 heavy (non-hydrogen) atoms. The maximum absolute atomic E-state index is 13.2. The van der Waals surface area contributed by atoms with Gasteiger partial charge in [-0.05, 0) is 79.9 Å². The fourth-order valence-electron chi connectivity index (χ4n) is 3.74. The average Bonchev–Trinajstić information content (AvgIpc) is 2.80. The number of hydrogen-bond acceptors (Lipinski definition) is 3. The lowest BCUT2D eigenvalue weighted by Crippen LogP contribution is -2.35. The molecule has 4 rings (SSSR count). The first-order chi connectivity index (χ1) is 15.1. The lowest BCUT2D eigenvalue weighted by molar-refractivity contribution is 0.0984. The Morgan fingerprint density at radius 2 is 1.77 bits per heavy atom. The molecular formula is C25H23FN2O3. The Kier molecular flexibility index (Phi) is 5.98. The second-order valence-corrected chi connectivity index (χ2v) is 7.29. The molecule has 2 amide bonds. The molecule has 3 aromatic carbocycles. The molecule has 5 nitrogen and oxygen atoms in total. The van der Waals surface area contributed by atoms with Crippen molar-refractivity contribution >= 4 is 23.2 Å². The Bertz CT molecular complexity index is 1110. The SMILES string of the molecule is CCOc1ccccc1NC(=O)c1ccc2c(c1)CCCN2C(=O)c1ccc(F)cc1. The zero-order chi connectivity index (χ0) is 21.8. The van der Waals surface area contributed by atoms with Crippen LogP contribution < -0.4 is 15.0 Å². The van der Waals surface area contributed by atoms with Crippen LogP contribution in [0.4, 0.5) is 15.8 Å². The van der Waals surface area contributed by atoms with Crippen LogP contribution in [0.25, 0.3) is 0 Å². The number of nitrogens with zero attached hydrogens (tertiary/aromatic N) is 1. The van der Waals surface area contributed by atoms with Crippen LogP contribution in [0.2, 0.25) is 0 Å². The number of halogens is 1. The van der Waals surface area contributed by atoms with Gasteiger partial charge in [0.15, 0.2) is 0 Å². The van der Waals surface area contributed by atoms with Crippen LogP contribution in [0, 0.1) is 5.82 Å². The third kappa shape index (κ3) is 4.43. The minimum atomic E-state index is -0.378. The lowest BCUT2D eigenvalue weighted by Gasteiger charge is -2.30. The fraction of sp³-hybridized carbons (Fsp3) is 0.200. The van der Waals surface area contributed by atoms with Crippen molar-refractivity contribution in [2.24, 2.45) is 0 Å². The Labute approximate surface area is 180 Å². The van der Waals surface area contributed by atoms with E-state index in [1.54, 1.807) is 23.1 Å². The third-order valence-corrected chi connectivity index (χ3v) is 5.23. The highest BCUT2D eigenvalue weighted by molar-refractivity contribution is 6.08. The number of carbonyl (C=O) groups is 2. The van der Waals surface area contributed by atoms with E-state index in [-0.39, 0.29) is 17.6 Å². The summed E-state index contributed by atoms with van der Waals surface area (Å²) in [4.78, 5) is 27.5. The number of aryl methyl sites for hydroxylation is 1. The lowest BCUT2D eigenvalue weighted by atomic mass is 9.98. The highest BCUT2D eigenvalue weighted by atomic mass is 19.1. The molecule has 1 aliphatic rings. The topological polar surface area (TPSA) is 58.6 Å². The first kappa shape index (κ1) is 20.6. The minimum Gasteiger partial charge on any atom is -0.492 e. The largest absolute Gasteiger partial charge is 0.492 e. The van der Waals surface area contributed by atoms with Crippen LogP contribution in [-0.4, -0.2) is 25.0 Å². The second kappa shape index (κ2) is 9.00. The van der Waals surface area contributed by atoms with E-state index in [2.05, 4.69) is 5.32 Å². The summed E-state index contributed by atoms with van der Waals surface area (Å²) in [6, 6.07) is 18.2. The molecule has 0 saturated carbocycles. The van der Waals surface area contributed by atoms with Gasteiger partial charge < -0.3 is 15.0 Å². The molecule has 0 spiro atoms. The Hall–Kier alpha value is -3.67. The van der Waals surface area contributed by atoms with Gasteiger partial charge in [-0.2, -0.15) is 0 Å². The van der Waals surface area contributed by atoms with Gasteiger partial charge in [-0.15, -0.1) is 0 Å². The Morgan fingerprint density at radius 1 is 1.03 bits per heavy atom. The number of carbonyl (C=O) groups excluding carboxylic acids is 2. The predicted octanol–water partition coefficient (Wildman–Crippen LogP) is 5.07. The number of ether oxygens (including phenoxy) is 1. The standard InChI is InChI=1S/C25H23FN2O3/c1-2-31-23-8-4-3-7-21(23)27-24(29)19-11-14-22-18(16-19)6-5-15-28(22)25(30)17-9-12-20(26)13-10-17/h3-4,7-14,16H,2,5-6,15H2,1H3,(H,27,29). The second-order valence-electron chi connectivity index (χ2n) is 7.29. The van der Waals surface area contributed by atoms with E-state index < -0.39 is 0 Å². The number of hydrogen-bond donors (Lipinski definition) is 1. The summed E-state index contributed by atoms with van der Waals surface area (Å²) in [6.07, 6.45) is 1.57. The zero-order valence-corrected chi connectivity index (χ0v) is 17.2. The van der Waals surface area contributed by atoms with Crippen LogP contribution in [0.5, 0.6) is 5.75 Å². The summed E-state index contributed by atoms with van der Waals surface area (Å²) in [5, 5.41) is 2.90. The molecule has 0 aliphatic carbocycles. The Balaban J connectivity index is 1.56. The number of amides is 2. The molecule has 0 aromatic heterocycles. The van der Waals surface area contributed by atoms with Gasteiger partial charge in [0.05, 0.1) is 12.3 Å². The summed E-state index contributed by atoms with van der Waals surface area (Å²) < 4.78 is 18.8. The van der Waals surface area contributed by atoms with E-state index >= 15 is 0 Å². The molecule has 0 atom stereocenters. The highest BCUT2D eigenvalue weighted by Gasteiger charge is 2.24. The number of fused-ring (bicyclic) bond motifs is 1. The maximum atomic E-state index is 13.2. The van der Waals surface area contributed by atoms with E-state index in [0.717, 1.165) is 24.1 Å². The van der Waals surface area contributed by atoms with Crippen molar-refractivity contribution in [2.45, 2.75) is 19.8 Å². The van der Waals surface area contributed by atoms with Crippen molar-refractivity contribution in [1.82, 2.24) is 0 Å². The molecule has 1 N–H and O–H groups in total. The monoisotopic (exact) mass is 418 g/mol. The number of rotatable bonds is 5. The maximum Gasteiger partial charge on any atom is 0.258 e. The van der Waals surface area contributed by atoms with Gasteiger partial charge in [-0.1, -0.05) is 12.1 Å². The van der Waals surface area contributed by atoms with Gasteiger partial charge >= 0.3 is 0 Å². The van der Waals surface area contributed by atoms with Gasteiger partial charge in [0.2, 0.25) is 0 Å². The van der Waals surface area contributed by atoms with Gasteiger partial charge in [0.1, 0.15) is 11.6 Å². The number of nitrogens with one attached hydrogen (secondary N) is 1. The summed E-state index contributed by atoms with van der Waals surface area (Å²) in [5.41, 5.74) is 3.28. The van der Waals surface area contributed by atoms with E-state index in [1.165, 1.54) is 24.3 Å². The minimum absolute atomic E-state index is 0.177. The van der Waals surface area contributed by atoms with E-state index in [1.807, 2.05) is 31.2 Å². The quantitative estimate of drug-likeness (QED) is 0.629. The van der Waals surface area contributed by atoms with E-state index in [9.17, 15) is 14.0 Å². The van der Waals surface area contributed by atoms with Gasteiger partial charge in [0.25, 0.3) is 11.8 Å². The smallest absolute Gasteiger partial charge is 0.258 e. The van der Waals surface area contributed by atoms with Crippen molar-refractivity contribution in [2.75, 3.05) is 23.4 Å². The average molecular weight is 418 g/mol. The first-order valence-electron chi connectivity index (χ1n) is 10.3. The van der Waals surface area contributed by atoms with Crippen molar-refractivity contribution in [3.63, 3.8) is 0 Å². The molecule has 3 aromatic rings. The van der Waals surface area contributed by atoms with Gasteiger partial charge in [0, 0.05) is 23.4 Å².